The van der Waals surface area contributed by atoms with E-state index in [-0.39, 0.29) is 11.8 Å². The fraction of sp³-hybridized carbons (Fsp3) is 0.278. The first-order valence-electron chi connectivity index (χ1n) is 7.72. The molecule has 0 heterocycles. The van der Waals surface area contributed by atoms with Gasteiger partial charge in [0.15, 0.2) is 5.96 Å². The van der Waals surface area contributed by atoms with Crippen LogP contribution in [-0.2, 0) is 6.54 Å². The van der Waals surface area contributed by atoms with Crippen molar-refractivity contribution in [2.75, 3.05) is 14.2 Å². The average molecular weight is 382 g/mol. The molecule has 0 spiro atoms. The van der Waals surface area contributed by atoms with Gasteiger partial charge in [0.25, 0.3) is 0 Å². The zero-order chi connectivity index (χ0) is 18.4. The average Bonchev–Trinajstić information content (AvgIpc) is 2.59. The van der Waals surface area contributed by atoms with Gasteiger partial charge in [-0.05, 0) is 42.8 Å². The summed E-state index contributed by atoms with van der Waals surface area (Å²) < 4.78 is 5.18. The molecule has 0 saturated heterocycles. The first-order chi connectivity index (χ1) is 11.9. The Kier molecular flexibility index (Phi) is 6.79. The highest BCUT2D eigenvalue weighted by Gasteiger charge is 2.12. The zero-order valence-electron chi connectivity index (χ0n) is 14.3. The van der Waals surface area contributed by atoms with Crippen LogP contribution in [0.3, 0.4) is 0 Å². The number of hydrogen-bond donors (Lipinski definition) is 3. The molecule has 2 aromatic rings. The third-order valence-corrected chi connectivity index (χ3v) is 4.30. The summed E-state index contributed by atoms with van der Waals surface area (Å²) in [5.41, 5.74) is 1.62. The molecule has 0 fully saturated rings. The predicted octanol–water partition coefficient (Wildman–Crippen LogP) is 4.13. The van der Waals surface area contributed by atoms with Gasteiger partial charge in [0.1, 0.15) is 11.5 Å². The second kappa shape index (κ2) is 8.83. The van der Waals surface area contributed by atoms with Crippen LogP contribution in [0.5, 0.6) is 11.5 Å². The summed E-state index contributed by atoms with van der Waals surface area (Å²) in [4.78, 5) is 4.20. The lowest BCUT2D eigenvalue weighted by molar-refractivity contribution is 0.410. The van der Waals surface area contributed by atoms with E-state index in [1.807, 2.05) is 13.0 Å². The normalized spacial score (nSPS) is 12.6. The first kappa shape index (κ1) is 19.2. The summed E-state index contributed by atoms with van der Waals surface area (Å²) in [6.07, 6.45) is 0. The number of benzene rings is 2. The third kappa shape index (κ3) is 5.18. The fourth-order valence-electron chi connectivity index (χ4n) is 2.34. The molecule has 3 N–H and O–H groups in total. The third-order valence-electron chi connectivity index (χ3n) is 3.74. The molecule has 0 radical (unpaired) electrons. The van der Waals surface area contributed by atoms with Gasteiger partial charge in [-0.15, -0.1) is 0 Å². The highest BCUT2D eigenvalue weighted by molar-refractivity contribution is 6.35. The Morgan fingerprint density at radius 3 is 2.64 bits per heavy atom. The van der Waals surface area contributed by atoms with Crippen molar-refractivity contribution < 1.29 is 9.84 Å². The van der Waals surface area contributed by atoms with Crippen molar-refractivity contribution in [2.24, 2.45) is 4.99 Å². The van der Waals surface area contributed by atoms with Crippen molar-refractivity contribution in [2.45, 2.75) is 19.5 Å². The van der Waals surface area contributed by atoms with Crippen LogP contribution >= 0.6 is 23.2 Å². The maximum absolute atomic E-state index is 9.95. The quantitative estimate of drug-likeness (QED) is 0.537. The van der Waals surface area contributed by atoms with Crippen molar-refractivity contribution in [1.82, 2.24) is 10.6 Å². The highest BCUT2D eigenvalue weighted by Crippen LogP contribution is 2.26. The first-order valence-corrected chi connectivity index (χ1v) is 8.48. The summed E-state index contributed by atoms with van der Waals surface area (Å²) >= 11 is 12.2. The molecular formula is C18H21Cl2N3O2. The van der Waals surface area contributed by atoms with Crippen LogP contribution < -0.4 is 15.4 Å². The number of aliphatic imine (C=N–C) groups is 1. The second-order valence-corrected chi connectivity index (χ2v) is 6.30. The van der Waals surface area contributed by atoms with Gasteiger partial charge in [0.2, 0.25) is 0 Å². The predicted molar refractivity (Wildman–Crippen MR) is 103 cm³/mol. The Balaban J connectivity index is 2.03. The number of methoxy groups -OCH3 is 1. The smallest absolute Gasteiger partial charge is 0.191 e. The number of nitrogens with zero attached hydrogens (tertiary/aromatic N) is 1. The molecule has 5 nitrogen and oxygen atoms in total. The molecule has 0 saturated carbocycles. The number of guanidine groups is 1. The Bertz CT molecular complexity index is 766. The second-order valence-electron chi connectivity index (χ2n) is 5.45. The molecule has 134 valence electrons. The van der Waals surface area contributed by atoms with Crippen LogP contribution in [0.25, 0.3) is 0 Å². The minimum atomic E-state index is -0.0742. The van der Waals surface area contributed by atoms with Gasteiger partial charge in [0, 0.05) is 29.2 Å². The minimum Gasteiger partial charge on any atom is -0.508 e. The summed E-state index contributed by atoms with van der Waals surface area (Å²) in [5, 5.41) is 17.6. The zero-order valence-corrected chi connectivity index (χ0v) is 15.8. The van der Waals surface area contributed by atoms with Gasteiger partial charge in [-0.1, -0.05) is 29.3 Å². The number of aromatic hydroxyl groups is 1. The van der Waals surface area contributed by atoms with E-state index >= 15 is 0 Å². The van der Waals surface area contributed by atoms with E-state index in [0.717, 1.165) is 5.56 Å². The molecular weight excluding hydrogens is 361 g/mol. The van der Waals surface area contributed by atoms with Crippen molar-refractivity contribution in [3.05, 3.63) is 57.6 Å². The summed E-state index contributed by atoms with van der Waals surface area (Å²) in [5.74, 6) is 1.46. The number of nitrogens with one attached hydrogen (secondary N) is 2. The monoisotopic (exact) mass is 381 g/mol. The van der Waals surface area contributed by atoms with Crippen LogP contribution in [0, 0.1) is 0 Å². The Labute approximate surface area is 157 Å². The largest absolute Gasteiger partial charge is 0.508 e. The number of phenols is 1. The van der Waals surface area contributed by atoms with Crippen molar-refractivity contribution in [1.29, 1.82) is 0 Å². The molecule has 2 aromatic carbocycles. The lowest BCUT2D eigenvalue weighted by Crippen LogP contribution is -2.38. The number of halogens is 2. The molecule has 25 heavy (non-hydrogen) atoms. The summed E-state index contributed by atoms with van der Waals surface area (Å²) in [6, 6.07) is 10.4. The molecule has 0 aliphatic rings. The molecule has 1 unspecified atom stereocenters. The maximum atomic E-state index is 9.95. The van der Waals surface area contributed by atoms with Crippen molar-refractivity contribution in [3.63, 3.8) is 0 Å². The van der Waals surface area contributed by atoms with Crippen LogP contribution in [0.2, 0.25) is 10.0 Å². The molecule has 0 aliphatic carbocycles. The van der Waals surface area contributed by atoms with Crippen molar-refractivity contribution >= 4 is 29.2 Å². The molecule has 0 aromatic heterocycles. The van der Waals surface area contributed by atoms with E-state index in [0.29, 0.717) is 33.9 Å². The fourth-order valence-corrected chi connectivity index (χ4v) is 2.91. The van der Waals surface area contributed by atoms with E-state index < -0.39 is 0 Å². The molecule has 0 amide bonds. The highest BCUT2D eigenvalue weighted by atomic mass is 35.5. The van der Waals surface area contributed by atoms with E-state index in [2.05, 4.69) is 15.6 Å². The minimum absolute atomic E-state index is 0.0742. The van der Waals surface area contributed by atoms with E-state index in [4.69, 9.17) is 27.9 Å². The van der Waals surface area contributed by atoms with Gasteiger partial charge >= 0.3 is 0 Å². The van der Waals surface area contributed by atoms with Gasteiger partial charge < -0.3 is 20.5 Å². The molecule has 1 atom stereocenters. The van der Waals surface area contributed by atoms with E-state index in [1.54, 1.807) is 44.5 Å². The maximum Gasteiger partial charge on any atom is 0.191 e. The van der Waals surface area contributed by atoms with Gasteiger partial charge in [-0.2, -0.15) is 0 Å². The number of hydrogen-bond acceptors (Lipinski definition) is 3. The number of rotatable bonds is 5. The molecule has 7 heteroatoms. The SMILES string of the molecule is CN=C(NCc1cc(OC)ccc1O)NC(C)c1ccc(Cl)cc1Cl. The van der Waals surface area contributed by atoms with Crippen LogP contribution in [0.4, 0.5) is 0 Å². The van der Waals surface area contributed by atoms with E-state index in [9.17, 15) is 5.11 Å². The van der Waals surface area contributed by atoms with Crippen LogP contribution in [-0.4, -0.2) is 25.2 Å². The Morgan fingerprint density at radius 1 is 1.24 bits per heavy atom. The van der Waals surface area contributed by atoms with Gasteiger partial charge in [0.05, 0.1) is 13.2 Å². The molecule has 0 bridgehead atoms. The lowest BCUT2D eigenvalue weighted by atomic mass is 10.1. The molecule has 2 rings (SSSR count). The number of phenolic OH excluding ortho intramolecular Hbond substituents is 1. The topological polar surface area (TPSA) is 65.9 Å². The van der Waals surface area contributed by atoms with E-state index in [1.165, 1.54) is 0 Å². The number of ether oxygens (including phenoxy) is 1. The summed E-state index contributed by atoms with van der Waals surface area (Å²) in [7, 11) is 3.26. The van der Waals surface area contributed by atoms with Crippen LogP contribution in [0.1, 0.15) is 24.1 Å². The van der Waals surface area contributed by atoms with Crippen LogP contribution in [0.15, 0.2) is 41.4 Å². The lowest BCUT2D eigenvalue weighted by Gasteiger charge is -2.19. The summed E-state index contributed by atoms with van der Waals surface area (Å²) in [6.45, 7) is 2.37. The van der Waals surface area contributed by atoms with Crippen molar-refractivity contribution in [3.8, 4) is 11.5 Å². The molecule has 0 aliphatic heterocycles. The Morgan fingerprint density at radius 2 is 2.00 bits per heavy atom. The Hall–Kier alpha value is -2.11. The van der Waals surface area contributed by atoms with Gasteiger partial charge in [-0.25, -0.2) is 0 Å². The standard InChI is InChI=1S/C18H21Cl2N3O2/c1-11(15-6-4-13(19)9-16(15)20)23-18(21-2)22-10-12-8-14(25-3)5-7-17(12)24/h4-9,11,24H,10H2,1-3H3,(H2,21,22,23). The van der Waals surface area contributed by atoms with Gasteiger partial charge in [-0.3, -0.25) is 4.99 Å².